The summed E-state index contributed by atoms with van der Waals surface area (Å²) in [6, 6.07) is 4.24. The van der Waals surface area contributed by atoms with Gasteiger partial charge in [-0.1, -0.05) is 17.7 Å². The summed E-state index contributed by atoms with van der Waals surface area (Å²) in [5.74, 6) is 1.87. The second kappa shape index (κ2) is 10.5. The third-order valence-electron chi connectivity index (χ3n) is 5.36. The molecule has 1 fully saturated rings. The maximum Gasteiger partial charge on any atom is 0.191 e. The van der Waals surface area contributed by atoms with Gasteiger partial charge >= 0.3 is 0 Å². The fourth-order valence-electron chi connectivity index (χ4n) is 3.95. The van der Waals surface area contributed by atoms with E-state index < -0.39 is 0 Å². The Bertz CT molecular complexity index is 660. The molecule has 0 aromatic carbocycles. The molecule has 2 atom stereocenters. The van der Waals surface area contributed by atoms with Crippen LogP contribution in [0.1, 0.15) is 51.5 Å². The Hall–Kier alpha value is -2.08. The summed E-state index contributed by atoms with van der Waals surface area (Å²) in [5, 5.41) is 6.80. The molecular formula is C22H35N5O. The van der Waals surface area contributed by atoms with Crippen molar-refractivity contribution in [3.05, 3.63) is 35.5 Å². The van der Waals surface area contributed by atoms with Crippen molar-refractivity contribution < 1.29 is 4.74 Å². The summed E-state index contributed by atoms with van der Waals surface area (Å²) in [5.41, 5.74) is 2.73. The van der Waals surface area contributed by atoms with Crippen molar-refractivity contribution in [1.29, 1.82) is 0 Å². The number of pyridine rings is 1. The van der Waals surface area contributed by atoms with Crippen LogP contribution in [0.3, 0.4) is 0 Å². The number of ether oxygens (including phenoxy) is 1. The summed E-state index contributed by atoms with van der Waals surface area (Å²) in [7, 11) is 1.82. The number of nitrogens with one attached hydrogen (secondary N) is 2. The first-order valence-corrected chi connectivity index (χ1v) is 10.6. The fraction of sp³-hybridized carbons (Fsp3) is 0.636. The third-order valence-corrected chi connectivity index (χ3v) is 5.36. The van der Waals surface area contributed by atoms with Crippen molar-refractivity contribution in [2.75, 3.05) is 31.6 Å². The molecule has 6 nitrogen and oxygen atoms in total. The summed E-state index contributed by atoms with van der Waals surface area (Å²) in [6.07, 6.45) is 11.1. The van der Waals surface area contributed by atoms with Crippen molar-refractivity contribution in [2.24, 2.45) is 4.99 Å². The lowest BCUT2D eigenvalue weighted by molar-refractivity contribution is -0.00545. The maximum atomic E-state index is 5.81. The van der Waals surface area contributed by atoms with Gasteiger partial charge in [0.2, 0.25) is 0 Å². The molecule has 6 heteroatoms. The molecule has 2 N–H and O–H groups in total. The molecule has 3 rings (SSSR count). The average molecular weight is 386 g/mol. The van der Waals surface area contributed by atoms with Gasteiger partial charge in [-0.3, -0.25) is 4.99 Å². The molecule has 2 unspecified atom stereocenters. The zero-order valence-electron chi connectivity index (χ0n) is 17.6. The molecule has 2 heterocycles. The van der Waals surface area contributed by atoms with E-state index >= 15 is 0 Å². The molecule has 0 radical (unpaired) electrons. The highest BCUT2D eigenvalue weighted by Gasteiger charge is 2.22. The van der Waals surface area contributed by atoms with Crippen LogP contribution >= 0.6 is 0 Å². The third kappa shape index (κ3) is 6.23. The zero-order chi connectivity index (χ0) is 19.8. The van der Waals surface area contributed by atoms with Crippen LogP contribution in [0.5, 0.6) is 0 Å². The number of aromatic nitrogens is 1. The van der Waals surface area contributed by atoms with E-state index in [0.717, 1.165) is 43.4 Å². The lowest BCUT2D eigenvalue weighted by atomic mass is 9.97. The van der Waals surface area contributed by atoms with E-state index in [0.29, 0.717) is 6.54 Å². The van der Waals surface area contributed by atoms with Crippen LogP contribution in [0.25, 0.3) is 0 Å². The zero-order valence-corrected chi connectivity index (χ0v) is 17.6. The van der Waals surface area contributed by atoms with Gasteiger partial charge in [0.1, 0.15) is 5.82 Å². The van der Waals surface area contributed by atoms with E-state index in [4.69, 9.17) is 4.74 Å². The Balaban J connectivity index is 1.43. The normalized spacial score (nSPS) is 23.3. The van der Waals surface area contributed by atoms with Gasteiger partial charge in [0.05, 0.1) is 12.2 Å². The highest BCUT2D eigenvalue weighted by atomic mass is 16.5. The molecule has 1 saturated heterocycles. The predicted molar refractivity (Wildman–Crippen MR) is 116 cm³/mol. The van der Waals surface area contributed by atoms with Gasteiger partial charge in [0.25, 0.3) is 0 Å². The number of guanidine groups is 1. The van der Waals surface area contributed by atoms with Gasteiger partial charge in [0.15, 0.2) is 5.96 Å². The van der Waals surface area contributed by atoms with Crippen molar-refractivity contribution in [1.82, 2.24) is 15.6 Å². The van der Waals surface area contributed by atoms with Crippen LogP contribution in [0, 0.1) is 0 Å². The first kappa shape index (κ1) is 20.6. The maximum absolute atomic E-state index is 5.81. The molecule has 0 amide bonds. The van der Waals surface area contributed by atoms with Gasteiger partial charge in [-0.25, -0.2) is 4.98 Å². The molecule has 1 aromatic rings. The minimum absolute atomic E-state index is 0.241. The minimum Gasteiger partial charge on any atom is -0.372 e. The van der Waals surface area contributed by atoms with E-state index in [1.807, 2.05) is 13.2 Å². The molecule has 1 aliphatic heterocycles. The fourth-order valence-corrected chi connectivity index (χ4v) is 3.95. The summed E-state index contributed by atoms with van der Waals surface area (Å²) in [4.78, 5) is 11.3. The number of aliphatic imine (C=N–C) groups is 1. The second-order valence-corrected chi connectivity index (χ2v) is 7.90. The summed E-state index contributed by atoms with van der Waals surface area (Å²) < 4.78 is 5.81. The Morgan fingerprint density at radius 1 is 1.21 bits per heavy atom. The van der Waals surface area contributed by atoms with E-state index in [2.05, 4.69) is 57.6 Å². The first-order valence-electron chi connectivity index (χ1n) is 10.6. The van der Waals surface area contributed by atoms with Gasteiger partial charge in [-0.15, -0.1) is 0 Å². The average Bonchev–Trinajstić information content (AvgIpc) is 2.71. The first-order chi connectivity index (χ1) is 13.6. The van der Waals surface area contributed by atoms with Crippen LogP contribution < -0.4 is 15.5 Å². The smallest absolute Gasteiger partial charge is 0.191 e. The standard InChI is InChI=1S/C22H35N5O/c1-17-15-27(16-18(2)28-17)21-10-9-20(13-25-21)14-26-22(23-3)24-12-11-19-7-5-4-6-8-19/h7,9-10,13,17-18H,4-6,8,11-12,14-16H2,1-3H3,(H2,23,24,26). The van der Waals surface area contributed by atoms with Crippen LogP contribution in [-0.2, 0) is 11.3 Å². The number of allylic oxidation sites excluding steroid dienone is 1. The van der Waals surface area contributed by atoms with Gasteiger partial charge in [0, 0.05) is 39.4 Å². The second-order valence-electron chi connectivity index (χ2n) is 7.90. The number of rotatable bonds is 6. The quantitative estimate of drug-likeness (QED) is 0.447. The lowest BCUT2D eigenvalue weighted by Crippen LogP contribution is -2.45. The molecule has 1 aliphatic carbocycles. The number of hydrogen-bond acceptors (Lipinski definition) is 4. The van der Waals surface area contributed by atoms with E-state index in [1.165, 1.54) is 25.7 Å². The van der Waals surface area contributed by atoms with Crippen LogP contribution in [0.2, 0.25) is 0 Å². The monoisotopic (exact) mass is 385 g/mol. The highest BCUT2D eigenvalue weighted by Crippen LogP contribution is 2.20. The molecular weight excluding hydrogens is 350 g/mol. The summed E-state index contributed by atoms with van der Waals surface area (Å²) >= 11 is 0. The van der Waals surface area contributed by atoms with Gasteiger partial charge in [-0.05, 0) is 57.6 Å². The summed E-state index contributed by atoms with van der Waals surface area (Å²) in [6.45, 7) is 7.65. The van der Waals surface area contributed by atoms with Crippen LogP contribution in [0.4, 0.5) is 5.82 Å². The molecule has 28 heavy (non-hydrogen) atoms. The predicted octanol–water partition coefficient (Wildman–Crippen LogP) is 3.25. The SMILES string of the molecule is CN=C(NCCC1=CCCCC1)NCc1ccc(N2CC(C)OC(C)C2)nc1. The topological polar surface area (TPSA) is 61.8 Å². The highest BCUT2D eigenvalue weighted by molar-refractivity contribution is 5.79. The van der Waals surface area contributed by atoms with E-state index in [9.17, 15) is 0 Å². The Morgan fingerprint density at radius 2 is 2.04 bits per heavy atom. The van der Waals surface area contributed by atoms with Gasteiger partial charge in [-0.2, -0.15) is 0 Å². The van der Waals surface area contributed by atoms with Crippen molar-refractivity contribution in [2.45, 2.75) is 64.7 Å². The van der Waals surface area contributed by atoms with E-state index in [-0.39, 0.29) is 12.2 Å². The molecule has 0 saturated carbocycles. The Morgan fingerprint density at radius 3 is 2.68 bits per heavy atom. The van der Waals surface area contributed by atoms with Crippen molar-refractivity contribution in [3.8, 4) is 0 Å². The van der Waals surface area contributed by atoms with Crippen molar-refractivity contribution in [3.63, 3.8) is 0 Å². The largest absolute Gasteiger partial charge is 0.372 e. The Labute approximate surface area is 169 Å². The number of hydrogen-bond donors (Lipinski definition) is 2. The molecule has 1 aromatic heterocycles. The van der Waals surface area contributed by atoms with Gasteiger partial charge < -0.3 is 20.3 Å². The van der Waals surface area contributed by atoms with Crippen LogP contribution in [-0.4, -0.2) is 49.8 Å². The number of anilines is 1. The minimum atomic E-state index is 0.241. The number of nitrogens with zero attached hydrogens (tertiary/aromatic N) is 3. The molecule has 0 bridgehead atoms. The molecule has 154 valence electrons. The van der Waals surface area contributed by atoms with Crippen molar-refractivity contribution >= 4 is 11.8 Å². The Kier molecular flexibility index (Phi) is 7.71. The van der Waals surface area contributed by atoms with E-state index in [1.54, 1.807) is 5.57 Å². The molecule has 2 aliphatic rings. The molecule has 0 spiro atoms. The number of morpholine rings is 1. The van der Waals surface area contributed by atoms with Crippen LogP contribution in [0.15, 0.2) is 35.0 Å². The lowest BCUT2D eigenvalue weighted by Gasteiger charge is -2.36.